The van der Waals surface area contributed by atoms with E-state index in [1.54, 1.807) is 4.68 Å². The van der Waals surface area contributed by atoms with Crippen LogP contribution in [0.15, 0.2) is 46.1 Å². The Balaban J connectivity index is 1.24. The van der Waals surface area contributed by atoms with Crippen molar-refractivity contribution >= 4 is 0 Å². The smallest absolute Gasteiger partial charge is 0.330 e. The van der Waals surface area contributed by atoms with Crippen LogP contribution in [-0.4, -0.2) is 43.0 Å². The molecule has 1 saturated carbocycles. The number of aryl methyl sites for hydroxylation is 2. The molecule has 0 aliphatic heterocycles. The monoisotopic (exact) mass is 412 g/mol. The van der Waals surface area contributed by atoms with Gasteiger partial charge in [-0.2, -0.15) is 0 Å². The second-order valence-corrected chi connectivity index (χ2v) is 7.34. The molecule has 0 atom stereocenters. The molecule has 0 unspecified atom stereocenters. The molecule has 0 amide bonds. The predicted octanol–water partition coefficient (Wildman–Crippen LogP) is 0.771. The van der Waals surface area contributed by atoms with Crippen LogP contribution >= 0.6 is 0 Å². The van der Waals surface area contributed by atoms with E-state index in [1.807, 2.05) is 12.1 Å². The van der Waals surface area contributed by atoms with Gasteiger partial charge in [0.15, 0.2) is 5.82 Å². The van der Waals surface area contributed by atoms with Crippen LogP contribution in [0.1, 0.15) is 24.2 Å². The fraction of sp³-hybridized carbons (Fsp3) is 0.450. The first-order chi connectivity index (χ1) is 14.7. The van der Waals surface area contributed by atoms with E-state index in [-0.39, 0.29) is 6.73 Å². The molecular formula is C20H24N6O4. The van der Waals surface area contributed by atoms with Crippen LogP contribution in [0.2, 0.25) is 0 Å². The van der Waals surface area contributed by atoms with E-state index in [0.717, 1.165) is 30.5 Å². The maximum Gasteiger partial charge on any atom is 0.330 e. The number of benzene rings is 1. The van der Waals surface area contributed by atoms with Crippen molar-refractivity contribution < 1.29 is 9.47 Å². The number of nitrogens with one attached hydrogen (secondary N) is 1. The number of aromatic amines is 1. The maximum atomic E-state index is 11.6. The third-order valence-electron chi connectivity index (χ3n) is 4.90. The molecule has 0 spiro atoms. The summed E-state index contributed by atoms with van der Waals surface area (Å²) in [5.74, 6) is 2.40. The first kappa shape index (κ1) is 20.0. The van der Waals surface area contributed by atoms with E-state index in [4.69, 9.17) is 9.47 Å². The van der Waals surface area contributed by atoms with Crippen molar-refractivity contribution in [2.75, 3.05) is 13.2 Å². The molecule has 2 aromatic heterocycles. The van der Waals surface area contributed by atoms with Crippen LogP contribution in [0, 0.1) is 5.92 Å². The fourth-order valence-electron chi connectivity index (χ4n) is 2.98. The minimum atomic E-state index is -0.506. The quantitative estimate of drug-likeness (QED) is 0.462. The van der Waals surface area contributed by atoms with Gasteiger partial charge in [0.1, 0.15) is 12.5 Å². The molecule has 0 saturated heterocycles. The third-order valence-corrected chi connectivity index (χ3v) is 4.90. The van der Waals surface area contributed by atoms with Crippen molar-refractivity contribution in [1.82, 2.24) is 29.8 Å². The molecule has 1 aliphatic rings. The molecule has 1 fully saturated rings. The molecule has 1 N–H and O–H groups in total. The van der Waals surface area contributed by atoms with Crippen molar-refractivity contribution in [1.29, 1.82) is 0 Å². The average molecular weight is 412 g/mol. The van der Waals surface area contributed by atoms with E-state index in [9.17, 15) is 9.59 Å². The summed E-state index contributed by atoms with van der Waals surface area (Å²) in [6, 6.07) is 9.41. The van der Waals surface area contributed by atoms with Crippen LogP contribution in [0.25, 0.3) is 0 Å². The normalized spacial score (nSPS) is 13.5. The van der Waals surface area contributed by atoms with E-state index in [0.29, 0.717) is 19.6 Å². The molecule has 158 valence electrons. The molecule has 0 bridgehead atoms. The number of rotatable bonds is 11. The molecule has 0 radical (unpaired) electrons. The van der Waals surface area contributed by atoms with Gasteiger partial charge in [-0.05, 0) is 53.3 Å². The second kappa shape index (κ2) is 9.49. The molecule has 1 aliphatic carbocycles. The molecule has 2 heterocycles. The summed E-state index contributed by atoms with van der Waals surface area (Å²) in [7, 11) is 0. The minimum Gasteiger partial charge on any atom is -0.493 e. The first-order valence-corrected chi connectivity index (χ1v) is 10.0. The number of nitrogens with zero attached hydrogens (tertiary/aromatic N) is 5. The van der Waals surface area contributed by atoms with Gasteiger partial charge in [0.2, 0.25) is 0 Å². The Hall–Kier alpha value is -3.27. The zero-order valence-electron chi connectivity index (χ0n) is 16.6. The molecule has 10 nitrogen and oxygen atoms in total. The van der Waals surface area contributed by atoms with Crippen molar-refractivity contribution in [2.45, 2.75) is 39.0 Å². The summed E-state index contributed by atoms with van der Waals surface area (Å²) in [5.41, 5.74) is 0.232. The van der Waals surface area contributed by atoms with Crippen molar-refractivity contribution in [3.05, 3.63) is 68.8 Å². The summed E-state index contributed by atoms with van der Waals surface area (Å²) in [4.78, 5) is 24.9. The lowest BCUT2D eigenvalue weighted by molar-refractivity contribution is 0.0653. The standard InChI is InChI=1S/C20H24N6O4/c27-19-8-9-25(20(28)21-19)14-29-11-10-26-18(22-23-24-26)7-6-15-2-1-3-17(12-15)30-13-16-4-5-16/h1-3,8-9,12,16H,4-7,10-11,13-14H2,(H,21,27,28). The summed E-state index contributed by atoms with van der Waals surface area (Å²) >= 11 is 0. The van der Waals surface area contributed by atoms with Gasteiger partial charge in [-0.25, -0.2) is 9.48 Å². The Morgan fingerprint density at radius 3 is 2.90 bits per heavy atom. The van der Waals surface area contributed by atoms with Gasteiger partial charge in [-0.1, -0.05) is 12.1 Å². The third kappa shape index (κ3) is 5.63. The van der Waals surface area contributed by atoms with Crippen molar-refractivity contribution in [3.8, 4) is 5.75 Å². The highest BCUT2D eigenvalue weighted by Gasteiger charge is 2.21. The van der Waals surface area contributed by atoms with Gasteiger partial charge >= 0.3 is 5.69 Å². The number of aromatic nitrogens is 6. The van der Waals surface area contributed by atoms with E-state index in [2.05, 4.69) is 32.6 Å². The molecule has 3 aromatic rings. The highest BCUT2D eigenvalue weighted by Crippen LogP contribution is 2.29. The Morgan fingerprint density at radius 2 is 2.07 bits per heavy atom. The summed E-state index contributed by atoms with van der Waals surface area (Å²) in [6.07, 6.45) is 5.43. The Bertz CT molecular complexity index is 1080. The van der Waals surface area contributed by atoms with E-state index in [1.165, 1.54) is 35.2 Å². The number of tetrazole rings is 1. The maximum absolute atomic E-state index is 11.6. The number of ether oxygens (including phenoxy) is 2. The fourth-order valence-corrected chi connectivity index (χ4v) is 2.98. The van der Waals surface area contributed by atoms with Crippen LogP contribution in [0.3, 0.4) is 0 Å². The van der Waals surface area contributed by atoms with Gasteiger partial charge in [-0.15, -0.1) is 5.10 Å². The van der Waals surface area contributed by atoms with Gasteiger partial charge in [0, 0.05) is 18.7 Å². The summed E-state index contributed by atoms with van der Waals surface area (Å²) < 4.78 is 14.3. The van der Waals surface area contributed by atoms with Gasteiger partial charge in [-0.3, -0.25) is 14.3 Å². The number of hydrogen-bond donors (Lipinski definition) is 1. The molecule has 30 heavy (non-hydrogen) atoms. The summed E-state index contributed by atoms with van der Waals surface area (Å²) in [6.45, 7) is 1.63. The first-order valence-electron chi connectivity index (χ1n) is 10.0. The lowest BCUT2D eigenvalue weighted by Crippen LogP contribution is -2.29. The lowest BCUT2D eigenvalue weighted by atomic mass is 10.1. The Morgan fingerprint density at radius 1 is 1.17 bits per heavy atom. The minimum absolute atomic E-state index is 0.0424. The van der Waals surface area contributed by atoms with Gasteiger partial charge in [0.05, 0.1) is 19.8 Å². The van der Waals surface area contributed by atoms with E-state index >= 15 is 0 Å². The highest BCUT2D eigenvalue weighted by atomic mass is 16.5. The SMILES string of the molecule is O=c1ccn(COCCn2nnnc2CCc2cccc(OCC3CC3)c2)c(=O)[nH]1. The predicted molar refractivity (Wildman–Crippen MR) is 107 cm³/mol. The Labute approximate surface area is 172 Å². The van der Waals surface area contributed by atoms with Crippen molar-refractivity contribution in [2.24, 2.45) is 5.92 Å². The second-order valence-electron chi connectivity index (χ2n) is 7.34. The van der Waals surface area contributed by atoms with Crippen LogP contribution in [0.4, 0.5) is 0 Å². The number of H-pyrrole nitrogens is 1. The summed E-state index contributed by atoms with van der Waals surface area (Å²) in [5, 5.41) is 11.9. The van der Waals surface area contributed by atoms with Gasteiger partial charge in [0.25, 0.3) is 5.56 Å². The zero-order chi connectivity index (χ0) is 20.8. The lowest BCUT2D eigenvalue weighted by Gasteiger charge is -2.09. The molecular weight excluding hydrogens is 388 g/mol. The molecule has 10 heteroatoms. The van der Waals surface area contributed by atoms with Gasteiger partial charge < -0.3 is 9.47 Å². The topological polar surface area (TPSA) is 117 Å². The molecule has 1 aromatic carbocycles. The largest absolute Gasteiger partial charge is 0.493 e. The van der Waals surface area contributed by atoms with Crippen LogP contribution in [0.5, 0.6) is 5.75 Å². The van der Waals surface area contributed by atoms with E-state index < -0.39 is 11.2 Å². The van der Waals surface area contributed by atoms with Crippen molar-refractivity contribution in [3.63, 3.8) is 0 Å². The number of hydrogen-bond acceptors (Lipinski definition) is 7. The van der Waals surface area contributed by atoms with Crippen LogP contribution in [-0.2, 0) is 30.9 Å². The average Bonchev–Trinajstić information content (AvgIpc) is 3.47. The molecule has 4 rings (SSSR count). The van der Waals surface area contributed by atoms with Crippen LogP contribution < -0.4 is 16.0 Å². The Kier molecular flexibility index (Phi) is 6.33. The zero-order valence-corrected chi connectivity index (χ0v) is 16.6. The highest BCUT2D eigenvalue weighted by molar-refractivity contribution is 5.29.